The second-order valence-corrected chi connectivity index (χ2v) is 3.68. The fourth-order valence-electron chi connectivity index (χ4n) is 1.66. The van der Waals surface area contributed by atoms with Crippen LogP contribution in [0.5, 0.6) is 0 Å². The van der Waals surface area contributed by atoms with Crippen LogP contribution in [0.4, 0.5) is 0 Å². The Morgan fingerprint density at radius 3 is 2.79 bits per heavy atom. The summed E-state index contributed by atoms with van der Waals surface area (Å²) in [7, 11) is 1.72. The Morgan fingerprint density at radius 2 is 2.36 bits per heavy atom. The predicted molar refractivity (Wildman–Crippen MR) is 54.4 cm³/mol. The molecule has 1 fully saturated rings. The number of ether oxygens (including phenoxy) is 1. The van der Waals surface area contributed by atoms with Gasteiger partial charge in [-0.05, 0) is 19.3 Å². The van der Waals surface area contributed by atoms with E-state index in [0.29, 0.717) is 12.1 Å². The van der Waals surface area contributed by atoms with Gasteiger partial charge in [0.05, 0.1) is 12.1 Å². The molecule has 5 nitrogen and oxygen atoms in total. The number of nitrogens with two attached hydrogens (primary N) is 1. The number of nitrogens with one attached hydrogen (secondary N) is 1. The van der Waals surface area contributed by atoms with E-state index in [1.807, 2.05) is 6.92 Å². The lowest BCUT2D eigenvalue weighted by molar-refractivity contribution is 0.0160. The van der Waals surface area contributed by atoms with Crippen molar-refractivity contribution < 1.29 is 9.94 Å². The average Bonchev–Trinajstić information content (AvgIpc) is 2.15. The van der Waals surface area contributed by atoms with E-state index in [9.17, 15) is 0 Å². The number of rotatable bonds is 5. The minimum absolute atomic E-state index is 0.0252. The zero-order chi connectivity index (χ0) is 10.6. The zero-order valence-corrected chi connectivity index (χ0v) is 8.73. The van der Waals surface area contributed by atoms with Crippen molar-refractivity contribution in [1.82, 2.24) is 5.32 Å². The third kappa shape index (κ3) is 2.59. The standard InChI is InChI=1S/C9H19N3O2/c1-3-8(9(10)12-13)11-6-4-7(5-6)14-2/h6-8,11,13H,3-5H2,1-2H3,(H2,10,12). The molecule has 0 heterocycles. The highest BCUT2D eigenvalue weighted by molar-refractivity contribution is 5.85. The van der Waals surface area contributed by atoms with Crippen LogP contribution in [0.15, 0.2) is 5.16 Å². The minimum Gasteiger partial charge on any atom is -0.409 e. The molecule has 1 atom stereocenters. The summed E-state index contributed by atoms with van der Waals surface area (Å²) in [5.41, 5.74) is 5.53. The van der Waals surface area contributed by atoms with Gasteiger partial charge in [0, 0.05) is 13.2 Å². The van der Waals surface area contributed by atoms with E-state index in [2.05, 4.69) is 10.5 Å². The number of methoxy groups -OCH3 is 1. The molecule has 14 heavy (non-hydrogen) atoms. The van der Waals surface area contributed by atoms with Crippen molar-refractivity contribution in [3.05, 3.63) is 0 Å². The summed E-state index contributed by atoms with van der Waals surface area (Å²) in [4.78, 5) is 0. The Balaban J connectivity index is 2.29. The number of hydrogen-bond donors (Lipinski definition) is 3. The number of hydrogen-bond acceptors (Lipinski definition) is 4. The van der Waals surface area contributed by atoms with Gasteiger partial charge in [-0.15, -0.1) is 0 Å². The summed E-state index contributed by atoms with van der Waals surface area (Å²) in [5.74, 6) is 0.258. The maximum absolute atomic E-state index is 8.54. The normalized spacial score (nSPS) is 29.7. The predicted octanol–water partition coefficient (Wildman–Crippen LogP) is 0.278. The van der Waals surface area contributed by atoms with Crippen LogP contribution < -0.4 is 11.1 Å². The van der Waals surface area contributed by atoms with E-state index in [-0.39, 0.29) is 11.9 Å². The van der Waals surface area contributed by atoms with Crippen molar-refractivity contribution in [2.24, 2.45) is 10.9 Å². The van der Waals surface area contributed by atoms with Gasteiger partial charge in [0.2, 0.25) is 0 Å². The molecule has 0 bridgehead atoms. The SMILES string of the molecule is CCC(NC1CC(OC)C1)C(N)=NO. The van der Waals surface area contributed by atoms with Crippen LogP contribution in [0.3, 0.4) is 0 Å². The molecule has 0 amide bonds. The van der Waals surface area contributed by atoms with Crippen LogP contribution in [-0.4, -0.2) is 36.3 Å². The Morgan fingerprint density at radius 1 is 1.71 bits per heavy atom. The molecule has 0 aromatic heterocycles. The smallest absolute Gasteiger partial charge is 0.156 e. The van der Waals surface area contributed by atoms with Crippen molar-refractivity contribution in [2.45, 2.75) is 44.4 Å². The molecule has 1 rings (SSSR count). The van der Waals surface area contributed by atoms with Crippen LogP contribution in [0.25, 0.3) is 0 Å². The zero-order valence-electron chi connectivity index (χ0n) is 8.73. The van der Waals surface area contributed by atoms with E-state index in [4.69, 9.17) is 15.7 Å². The van der Waals surface area contributed by atoms with E-state index >= 15 is 0 Å². The second kappa shape index (κ2) is 5.17. The topological polar surface area (TPSA) is 79.9 Å². The van der Waals surface area contributed by atoms with Crippen LogP contribution in [0, 0.1) is 0 Å². The van der Waals surface area contributed by atoms with Crippen molar-refractivity contribution in [1.29, 1.82) is 0 Å². The van der Waals surface area contributed by atoms with Crippen molar-refractivity contribution in [2.75, 3.05) is 7.11 Å². The molecule has 1 aliphatic carbocycles. The number of nitrogens with zero attached hydrogens (tertiary/aromatic N) is 1. The molecular formula is C9H19N3O2. The Hall–Kier alpha value is -0.810. The fraction of sp³-hybridized carbons (Fsp3) is 0.889. The minimum atomic E-state index is -0.0252. The van der Waals surface area contributed by atoms with Gasteiger partial charge in [-0.2, -0.15) is 0 Å². The molecule has 0 aromatic rings. The quantitative estimate of drug-likeness (QED) is 0.258. The Labute approximate surface area is 84.3 Å². The Kier molecular flexibility index (Phi) is 4.16. The molecule has 1 aliphatic rings. The van der Waals surface area contributed by atoms with Gasteiger partial charge in [-0.3, -0.25) is 0 Å². The van der Waals surface area contributed by atoms with Crippen molar-refractivity contribution in [3.63, 3.8) is 0 Å². The lowest BCUT2D eigenvalue weighted by Gasteiger charge is -2.37. The van der Waals surface area contributed by atoms with Gasteiger partial charge in [0.1, 0.15) is 0 Å². The molecule has 4 N–H and O–H groups in total. The van der Waals surface area contributed by atoms with Crippen molar-refractivity contribution in [3.8, 4) is 0 Å². The molecule has 0 aromatic carbocycles. The molecule has 0 spiro atoms. The first-order valence-corrected chi connectivity index (χ1v) is 4.97. The van der Waals surface area contributed by atoms with Crippen molar-refractivity contribution >= 4 is 5.84 Å². The van der Waals surface area contributed by atoms with Gasteiger partial charge in [-0.1, -0.05) is 12.1 Å². The van der Waals surface area contributed by atoms with Gasteiger partial charge in [-0.25, -0.2) is 0 Å². The molecular weight excluding hydrogens is 182 g/mol. The molecule has 0 aliphatic heterocycles. The first kappa shape index (κ1) is 11.3. The number of amidine groups is 1. The summed E-state index contributed by atoms with van der Waals surface area (Å²) in [6, 6.07) is 0.410. The summed E-state index contributed by atoms with van der Waals surface area (Å²) < 4.78 is 5.17. The van der Waals surface area contributed by atoms with Gasteiger partial charge >= 0.3 is 0 Å². The first-order valence-electron chi connectivity index (χ1n) is 4.97. The van der Waals surface area contributed by atoms with Crippen LogP contribution in [0.2, 0.25) is 0 Å². The highest BCUT2D eigenvalue weighted by atomic mass is 16.5. The molecule has 82 valence electrons. The molecule has 1 unspecified atom stereocenters. The molecule has 1 saturated carbocycles. The van der Waals surface area contributed by atoms with Gasteiger partial charge in [0.25, 0.3) is 0 Å². The average molecular weight is 201 g/mol. The summed E-state index contributed by atoms with van der Waals surface area (Å²) >= 11 is 0. The molecule has 5 heteroatoms. The van der Waals surface area contributed by atoms with E-state index < -0.39 is 0 Å². The highest BCUT2D eigenvalue weighted by Crippen LogP contribution is 2.23. The third-order valence-electron chi connectivity index (χ3n) is 2.75. The second-order valence-electron chi connectivity index (χ2n) is 3.68. The highest BCUT2D eigenvalue weighted by Gasteiger charge is 2.30. The lowest BCUT2D eigenvalue weighted by Crippen LogP contribution is -2.53. The first-order chi connectivity index (χ1) is 6.71. The summed E-state index contributed by atoms with van der Waals surface area (Å²) in [6.45, 7) is 2.00. The van der Waals surface area contributed by atoms with Gasteiger partial charge in [0.15, 0.2) is 5.84 Å². The largest absolute Gasteiger partial charge is 0.409 e. The summed E-state index contributed by atoms with van der Waals surface area (Å²) in [5, 5.41) is 14.9. The monoisotopic (exact) mass is 201 g/mol. The fourth-order valence-corrected chi connectivity index (χ4v) is 1.66. The van der Waals surface area contributed by atoms with Crippen LogP contribution >= 0.6 is 0 Å². The third-order valence-corrected chi connectivity index (χ3v) is 2.75. The Bertz CT molecular complexity index is 202. The summed E-state index contributed by atoms with van der Waals surface area (Å²) in [6.07, 6.45) is 3.21. The van der Waals surface area contributed by atoms with E-state index in [0.717, 1.165) is 19.3 Å². The number of oxime groups is 1. The van der Waals surface area contributed by atoms with E-state index in [1.165, 1.54) is 0 Å². The van der Waals surface area contributed by atoms with E-state index in [1.54, 1.807) is 7.11 Å². The molecule has 0 saturated heterocycles. The van der Waals surface area contributed by atoms with Crippen LogP contribution in [-0.2, 0) is 4.74 Å². The van der Waals surface area contributed by atoms with Crippen LogP contribution in [0.1, 0.15) is 26.2 Å². The van der Waals surface area contributed by atoms with Gasteiger partial charge < -0.3 is 21.0 Å². The maximum atomic E-state index is 8.54. The maximum Gasteiger partial charge on any atom is 0.156 e. The molecule has 0 radical (unpaired) electrons. The lowest BCUT2D eigenvalue weighted by atomic mass is 9.88.